The van der Waals surface area contributed by atoms with E-state index in [1.54, 1.807) is 7.11 Å². The molecule has 0 bridgehead atoms. The van der Waals surface area contributed by atoms with Gasteiger partial charge in [-0.1, -0.05) is 42.5 Å². The molecule has 0 amide bonds. The molecule has 0 aliphatic carbocycles. The van der Waals surface area contributed by atoms with E-state index in [-0.39, 0.29) is 0 Å². The van der Waals surface area contributed by atoms with Gasteiger partial charge in [0.2, 0.25) is 0 Å². The van der Waals surface area contributed by atoms with Crippen LogP contribution in [-0.2, 0) is 12.8 Å². The molecule has 1 fully saturated rings. The highest BCUT2D eigenvalue weighted by molar-refractivity contribution is 5.27. The maximum Gasteiger partial charge on any atom is 0.118 e. The molecule has 0 aromatic heterocycles. The molecule has 3 heteroatoms. The number of likely N-dealkylation sites (tertiary alicyclic amines) is 1. The number of quaternary nitrogens is 1. The van der Waals surface area contributed by atoms with E-state index in [2.05, 4.69) is 54.6 Å². The smallest absolute Gasteiger partial charge is 0.118 e. The van der Waals surface area contributed by atoms with Gasteiger partial charge in [0, 0.05) is 12.8 Å². The fourth-order valence-electron chi connectivity index (χ4n) is 4.56. The van der Waals surface area contributed by atoms with Crippen LogP contribution in [0.25, 0.3) is 0 Å². The van der Waals surface area contributed by atoms with Gasteiger partial charge in [-0.15, -0.1) is 0 Å². The first-order chi connectivity index (χ1) is 13.2. The van der Waals surface area contributed by atoms with Crippen LogP contribution < -0.4 is 10.5 Å². The number of nitrogens with zero attached hydrogens (tertiary/aromatic N) is 1. The topological polar surface area (TPSA) is 35.2 Å². The zero-order chi connectivity index (χ0) is 19.0. The minimum atomic E-state index is 0.372. The second-order valence-corrected chi connectivity index (χ2v) is 8.14. The zero-order valence-electron chi connectivity index (χ0n) is 16.8. The fourth-order valence-corrected chi connectivity index (χ4v) is 4.56. The van der Waals surface area contributed by atoms with Crippen molar-refractivity contribution >= 4 is 0 Å². The molecule has 1 aliphatic rings. The molecule has 146 valence electrons. The molecule has 1 saturated heterocycles. The van der Waals surface area contributed by atoms with E-state index >= 15 is 0 Å². The quantitative estimate of drug-likeness (QED) is 0.674. The van der Waals surface area contributed by atoms with Crippen molar-refractivity contribution in [2.24, 2.45) is 5.73 Å². The molecule has 2 N–H and O–H groups in total. The molecule has 2 unspecified atom stereocenters. The molecule has 0 saturated carbocycles. The van der Waals surface area contributed by atoms with Crippen molar-refractivity contribution < 1.29 is 9.22 Å². The molecule has 0 radical (unpaired) electrons. The molecule has 3 rings (SSSR count). The van der Waals surface area contributed by atoms with Crippen molar-refractivity contribution in [1.82, 2.24) is 0 Å². The minimum absolute atomic E-state index is 0.372. The van der Waals surface area contributed by atoms with Crippen molar-refractivity contribution in [3.8, 4) is 5.75 Å². The normalized spacial score (nSPS) is 22.5. The van der Waals surface area contributed by atoms with E-state index in [9.17, 15) is 0 Å². The third kappa shape index (κ3) is 6.08. The molecule has 3 nitrogen and oxygen atoms in total. The Kier molecular flexibility index (Phi) is 7.31. The van der Waals surface area contributed by atoms with Gasteiger partial charge in [-0.2, -0.15) is 0 Å². The third-order valence-electron chi connectivity index (χ3n) is 6.03. The van der Waals surface area contributed by atoms with Crippen LogP contribution in [0, 0.1) is 0 Å². The molecular formula is C24H35N2O+. The summed E-state index contributed by atoms with van der Waals surface area (Å²) in [5.41, 5.74) is 9.23. The summed E-state index contributed by atoms with van der Waals surface area (Å²) in [5.74, 6) is 0.935. The van der Waals surface area contributed by atoms with Crippen molar-refractivity contribution in [1.29, 1.82) is 0 Å². The number of ether oxygens (including phenoxy) is 1. The SMILES string of the molecule is COc1ccc(CCC[N+]2(CCCc3ccccc3)CCCC(N)C2)cc1. The van der Waals surface area contributed by atoms with Crippen LogP contribution in [0.2, 0.25) is 0 Å². The van der Waals surface area contributed by atoms with Gasteiger partial charge in [-0.05, 0) is 48.9 Å². The van der Waals surface area contributed by atoms with Crippen molar-refractivity contribution in [2.75, 3.05) is 33.3 Å². The van der Waals surface area contributed by atoms with E-state index < -0.39 is 0 Å². The first kappa shape index (κ1) is 19.9. The Morgan fingerprint density at radius 1 is 0.926 bits per heavy atom. The highest BCUT2D eigenvalue weighted by atomic mass is 16.5. The third-order valence-corrected chi connectivity index (χ3v) is 6.03. The second-order valence-electron chi connectivity index (χ2n) is 8.14. The van der Waals surface area contributed by atoms with Gasteiger partial charge in [-0.3, -0.25) is 0 Å². The number of hydrogen-bond donors (Lipinski definition) is 1. The van der Waals surface area contributed by atoms with Crippen LogP contribution in [0.3, 0.4) is 0 Å². The van der Waals surface area contributed by atoms with Crippen LogP contribution in [0.15, 0.2) is 54.6 Å². The van der Waals surface area contributed by atoms with E-state index in [0.717, 1.165) is 18.7 Å². The Balaban J connectivity index is 1.53. The standard InChI is InChI=1S/C24H35N2O/c1-27-24-15-13-22(14-16-24)11-6-18-26(19-7-12-23(25)20-26)17-5-10-21-8-3-2-4-9-21/h2-4,8-9,13-16,23H,5-7,10-12,17-20,25H2,1H3/q+1. The van der Waals surface area contributed by atoms with Gasteiger partial charge in [-0.25, -0.2) is 0 Å². The van der Waals surface area contributed by atoms with Crippen LogP contribution in [0.5, 0.6) is 5.75 Å². The molecular weight excluding hydrogens is 332 g/mol. The number of rotatable bonds is 9. The number of aryl methyl sites for hydroxylation is 2. The van der Waals surface area contributed by atoms with Crippen LogP contribution in [-0.4, -0.2) is 43.8 Å². The molecule has 1 heterocycles. The Labute approximate surface area is 164 Å². The first-order valence-corrected chi connectivity index (χ1v) is 10.5. The van der Waals surface area contributed by atoms with Gasteiger partial charge in [0.05, 0.1) is 39.3 Å². The minimum Gasteiger partial charge on any atom is -0.497 e. The average Bonchev–Trinajstić information content (AvgIpc) is 2.69. The summed E-state index contributed by atoms with van der Waals surface area (Å²) in [4.78, 5) is 0. The maximum atomic E-state index is 6.38. The van der Waals surface area contributed by atoms with Crippen LogP contribution in [0.1, 0.15) is 36.8 Å². The molecule has 2 atom stereocenters. The molecule has 2 aromatic rings. The number of nitrogens with two attached hydrogens (primary N) is 1. The Morgan fingerprint density at radius 2 is 1.56 bits per heavy atom. The highest BCUT2D eigenvalue weighted by Crippen LogP contribution is 2.22. The van der Waals surface area contributed by atoms with Crippen molar-refractivity contribution in [3.05, 3.63) is 65.7 Å². The predicted octanol–water partition coefficient (Wildman–Crippen LogP) is 4.20. The van der Waals surface area contributed by atoms with Gasteiger partial charge in [0.1, 0.15) is 5.75 Å². The summed E-state index contributed by atoms with van der Waals surface area (Å²) in [5, 5.41) is 0. The monoisotopic (exact) mass is 367 g/mol. The van der Waals surface area contributed by atoms with Crippen LogP contribution >= 0.6 is 0 Å². The van der Waals surface area contributed by atoms with E-state index in [1.165, 1.54) is 67.3 Å². The first-order valence-electron chi connectivity index (χ1n) is 10.5. The largest absolute Gasteiger partial charge is 0.497 e. The predicted molar refractivity (Wildman–Crippen MR) is 113 cm³/mol. The lowest BCUT2D eigenvalue weighted by Gasteiger charge is -2.44. The summed E-state index contributed by atoms with van der Waals surface area (Å²) >= 11 is 0. The van der Waals surface area contributed by atoms with Gasteiger partial charge < -0.3 is 15.0 Å². The Hall–Kier alpha value is -1.84. The lowest BCUT2D eigenvalue weighted by atomic mass is 10.00. The van der Waals surface area contributed by atoms with E-state index in [1.807, 2.05) is 0 Å². The second kappa shape index (κ2) is 9.91. The number of hydrogen-bond acceptors (Lipinski definition) is 2. The number of piperidine rings is 1. The maximum absolute atomic E-state index is 6.38. The van der Waals surface area contributed by atoms with Crippen LogP contribution in [0.4, 0.5) is 0 Å². The van der Waals surface area contributed by atoms with Gasteiger partial charge >= 0.3 is 0 Å². The summed E-state index contributed by atoms with van der Waals surface area (Å²) in [6, 6.07) is 19.8. The van der Waals surface area contributed by atoms with E-state index in [4.69, 9.17) is 10.5 Å². The fraction of sp³-hybridized carbons (Fsp3) is 0.500. The van der Waals surface area contributed by atoms with E-state index in [0.29, 0.717) is 6.04 Å². The summed E-state index contributed by atoms with van der Waals surface area (Å²) < 4.78 is 6.47. The van der Waals surface area contributed by atoms with Gasteiger partial charge in [0.15, 0.2) is 0 Å². The molecule has 2 aromatic carbocycles. The lowest BCUT2D eigenvalue weighted by Crippen LogP contribution is -2.58. The van der Waals surface area contributed by atoms with Crippen molar-refractivity contribution in [3.63, 3.8) is 0 Å². The highest BCUT2D eigenvalue weighted by Gasteiger charge is 2.32. The Bertz CT molecular complexity index is 671. The summed E-state index contributed by atoms with van der Waals surface area (Å²) in [6.07, 6.45) is 7.25. The molecule has 1 aliphatic heterocycles. The Morgan fingerprint density at radius 3 is 2.15 bits per heavy atom. The molecule has 27 heavy (non-hydrogen) atoms. The number of methoxy groups -OCH3 is 1. The van der Waals surface area contributed by atoms with Crippen molar-refractivity contribution in [2.45, 2.75) is 44.6 Å². The number of benzene rings is 2. The zero-order valence-corrected chi connectivity index (χ0v) is 16.8. The summed E-state index contributed by atoms with van der Waals surface area (Å²) in [6.45, 7) is 4.95. The average molecular weight is 368 g/mol. The summed E-state index contributed by atoms with van der Waals surface area (Å²) in [7, 11) is 1.72. The van der Waals surface area contributed by atoms with Gasteiger partial charge in [0.25, 0.3) is 0 Å². The lowest BCUT2D eigenvalue weighted by molar-refractivity contribution is -0.933. The molecule has 0 spiro atoms.